The highest BCUT2D eigenvalue weighted by molar-refractivity contribution is 6.15. The topological polar surface area (TPSA) is 43.1 Å². The summed E-state index contributed by atoms with van der Waals surface area (Å²) in [6.07, 6.45) is 7.66. The molecule has 4 heterocycles. The third-order valence-electron chi connectivity index (χ3n) is 7.95. The molecule has 4 aromatic heterocycles. The number of rotatable bonds is 0. The van der Waals surface area contributed by atoms with Crippen LogP contribution in [0, 0.1) is 0 Å². The van der Waals surface area contributed by atoms with Crippen molar-refractivity contribution < 1.29 is 0 Å². The number of pyridine rings is 3. The first-order chi connectivity index (χ1) is 17.3. The van der Waals surface area contributed by atoms with Crippen LogP contribution in [0.4, 0.5) is 0 Å². The molecule has 3 aromatic carbocycles. The van der Waals surface area contributed by atoms with Gasteiger partial charge in [0.25, 0.3) is 0 Å². The van der Waals surface area contributed by atoms with Crippen LogP contribution in [0.3, 0.4) is 0 Å². The third-order valence-corrected chi connectivity index (χ3v) is 7.95. The van der Waals surface area contributed by atoms with Gasteiger partial charge in [-0.15, -0.1) is 0 Å². The fourth-order valence-electron chi connectivity index (χ4n) is 6.49. The van der Waals surface area contributed by atoms with Gasteiger partial charge in [0.1, 0.15) is 11.2 Å². The van der Waals surface area contributed by atoms with Crippen LogP contribution in [0.25, 0.3) is 60.7 Å². The Morgan fingerprint density at radius 3 is 2.63 bits per heavy atom. The Balaban J connectivity index is 1.41. The zero-order valence-electron chi connectivity index (χ0n) is 18.8. The van der Waals surface area contributed by atoms with E-state index >= 15 is 0 Å². The second-order valence-corrected chi connectivity index (χ2v) is 9.70. The van der Waals surface area contributed by atoms with Crippen molar-refractivity contribution in [3.8, 4) is 22.3 Å². The number of fused-ring (bicyclic) bond motifs is 15. The van der Waals surface area contributed by atoms with Gasteiger partial charge in [-0.2, -0.15) is 0 Å². The predicted octanol–water partition coefficient (Wildman–Crippen LogP) is 6.73. The number of hydrogen-bond donors (Lipinski definition) is 0. The van der Waals surface area contributed by atoms with E-state index in [1.807, 2.05) is 30.7 Å². The highest BCUT2D eigenvalue weighted by Gasteiger charge is 2.29. The zero-order chi connectivity index (χ0) is 22.7. The minimum absolute atomic E-state index is 0.885. The van der Waals surface area contributed by atoms with Crippen molar-refractivity contribution in [3.05, 3.63) is 108 Å². The van der Waals surface area contributed by atoms with Gasteiger partial charge < -0.3 is 0 Å². The molecule has 0 fully saturated rings. The van der Waals surface area contributed by atoms with Crippen molar-refractivity contribution in [1.29, 1.82) is 0 Å². The molecule has 4 heteroatoms. The summed E-state index contributed by atoms with van der Waals surface area (Å²) < 4.78 is 2.19. The van der Waals surface area contributed by atoms with Gasteiger partial charge >= 0.3 is 0 Å². The van der Waals surface area contributed by atoms with Gasteiger partial charge in [-0.1, -0.05) is 36.4 Å². The normalized spacial score (nSPS) is 13.5. The molecule has 0 atom stereocenters. The molecule has 0 N–H and O–H groups in total. The molecular weight excluding hydrogens is 428 g/mol. The maximum absolute atomic E-state index is 5.04. The summed E-state index contributed by atoms with van der Waals surface area (Å²) in [5.74, 6) is 0. The molecule has 2 aliphatic rings. The van der Waals surface area contributed by atoms with Gasteiger partial charge in [0.05, 0.1) is 5.52 Å². The summed E-state index contributed by atoms with van der Waals surface area (Å²) in [5.41, 5.74) is 15.1. The Morgan fingerprint density at radius 2 is 1.63 bits per heavy atom. The average molecular weight is 447 g/mol. The van der Waals surface area contributed by atoms with E-state index < -0.39 is 0 Å². The van der Waals surface area contributed by atoms with Gasteiger partial charge in [-0.3, -0.25) is 9.38 Å². The fourth-order valence-corrected chi connectivity index (χ4v) is 6.49. The Labute approximate surface area is 200 Å². The Morgan fingerprint density at radius 1 is 0.657 bits per heavy atom. The molecule has 9 rings (SSSR count). The van der Waals surface area contributed by atoms with E-state index in [2.05, 4.69) is 69.0 Å². The summed E-state index contributed by atoms with van der Waals surface area (Å²) >= 11 is 0. The molecule has 0 saturated heterocycles. The summed E-state index contributed by atoms with van der Waals surface area (Å²) in [6, 6.07) is 24.3. The molecule has 4 nitrogen and oxygen atoms in total. The highest BCUT2D eigenvalue weighted by atomic mass is 15.1. The van der Waals surface area contributed by atoms with Crippen LogP contribution in [0.2, 0.25) is 0 Å². The lowest BCUT2D eigenvalue weighted by molar-refractivity contribution is 1.23. The SMILES string of the molecule is c1ccc2c(c1)Cc1ccc3c(c1-2)Cc1cc2c4cnccc4n4c5ncccc5nc4c2cc1-3. The first-order valence-corrected chi connectivity index (χ1v) is 12.0. The van der Waals surface area contributed by atoms with E-state index in [-0.39, 0.29) is 0 Å². The minimum atomic E-state index is 0.885. The highest BCUT2D eigenvalue weighted by Crippen LogP contribution is 2.49. The van der Waals surface area contributed by atoms with Crippen molar-refractivity contribution >= 4 is 38.5 Å². The largest absolute Gasteiger partial charge is 0.276 e. The van der Waals surface area contributed by atoms with Crippen molar-refractivity contribution in [3.63, 3.8) is 0 Å². The monoisotopic (exact) mass is 446 g/mol. The van der Waals surface area contributed by atoms with Crippen molar-refractivity contribution in [1.82, 2.24) is 19.4 Å². The zero-order valence-corrected chi connectivity index (χ0v) is 18.8. The van der Waals surface area contributed by atoms with E-state index in [1.165, 1.54) is 49.9 Å². The Hall–Kier alpha value is -4.57. The number of hydrogen-bond acceptors (Lipinski definition) is 3. The first kappa shape index (κ1) is 17.8. The molecule has 0 saturated carbocycles. The molecule has 0 bridgehead atoms. The molecule has 162 valence electrons. The molecule has 7 aromatic rings. The third kappa shape index (κ3) is 2.15. The van der Waals surface area contributed by atoms with E-state index in [9.17, 15) is 0 Å². The first-order valence-electron chi connectivity index (χ1n) is 12.0. The Kier molecular flexibility index (Phi) is 3.11. The smallest absolute Gasteiger partial charge is 0.164 e. The molecular formula is C31H18N4. The number of aromatic nitrogens is 4. The van der Waals surface area contributed by atoms with Crippen LogP contribution < -0.4 is 0 Å². The fraction of sp³-hybridized carbons (Fsp3) is 0.0645. The summed E-state index contributed by atoms with van der Waals surface area (Å²) in [7, 11) is 0. The summed E-state index contributed by atoms with van der Waals surface area (Å²) in [4.78, 5) is 14.2. The van der Waals surface area contributed by atoms with E-state index in [0.29, 0.717) is 0 Å². The van der Waals surface area contributed by atoms with Gasteiger partial charge in [-0.05, 0) is 93.1 Å². The van der Waals surface area contributed by atoms with Crippen LogP contribution in [0.5, 0.6) is 0 Å². The molecule has 0 radical (unpaired) electrons. The quantitative estimate of drug-likeness (QED) is 0.243. The van der Waals surface area contributed by atoms with Crippen molar-refractivity contribution in [2.24, 2.45) is 0 Å². The van der Waals surface area contributed by atoms with Gasteiger partial charge in [0, 0.05) is 29.4 Å². The number of nitrogens with zero attached hydrogens (tertiary/aromatic N) is 4. The molecule has 2 aliphatic carbocycles. The van der Waals surface area contributed by atoms with Crippen LogP contribution in [0.1, 0.15) is 22.3 Å². The lowest BCUT2D eigenvalue weighted by atomic mass is 9.95. The standard InChI is InChI=1S/C31H18N4/c1-2-5-20-17(4-1)12-18-7-8-21-22-15-25-23(13-19(22)14-24(21)29(18)20)26-16-32-11-9-28(26)35-30(25)34-27-6-3-10-33-31(27)35/h1-11,13,15-16H,12,14H2. The molecule has 0 amide bonds. The molecule has 35 heavy (non-hydrogen) atoms. The van der Waals surface area contributed by atoms with Crippen LogP contribution >= 0.6 is 0 Å². The molecule has 0 unspecified atom stereocenters. The number of benzene rings is 3. The second kappa shape index (κ2) is 6.10. The van der Waals surface area contributed by atoms with Gasteiger partial charge in [0.2, 0.25) is 0 Å². The molecule has 0 spiro atoms. The lowest BCUT2D eigenvalue weighted by Crippen LogP contribution is -1.94. The van der Waals surface area contributed by atoms with E-state index in [4.69, 9.17) is 4.98 Å². The maximum Gasteiger partial charge on any atom is 0.164 e. The maximum atomic E-state index is 5.04. The van der Waals surface area contributed by atoms with Crippen LogP contribution in [-0.2, 0) is 12.8 Å². The van der Waals surface area contributed by atoms with Crippen LogP contribution in [-0.4, -0.2) is 19.4 Å². The van der Waals surface area contributed by atoms with E-state index in [0.717, 1.165) is 45.9 Å². The summed E-state index contributed by atoms with van der Waals surface area (Å²) in [6.45, 7) is 0. The number of imidazole rings is 1. The molecule has 0 aliphatic heterocycles. The predicted molar refractivity (Wildman–Crippen MR) is 140 cm³/mol. The van der Waals surface area contributed by atoms with E-state index in [1.54, 1.807) is 0 Å². The summed E-state index contributed by atoms with van der Waals surface area (Å²) in [5, 5.41) is 3.49. The van der Waals surface area contributed by atoms with Crippen molar-refractivity contribution in [2.45, 2.75) is 12.8 Å². The van der Waals surface area contributed by atoms with Gasteiger partial charge in [-0.25, -0.2) is 9.97 Å². The van der Waals surface area contributed by atoms with Crippen molar-refractivity contribution in [2.75, 3.05) is 0 Å². The second-order valence-electron chi connectivity index (χ2n) is 9.70. The van der Waals surface area contributed by atoms with Gasteiger partial charge in [0.15, 0.2) is 5.65 Å². The minimum Gasteiger partial charge on any atom is -0.276 e. The van der Waals surface area contributed by atoms with Crippen LogP contribution in [0.15, 0.2) is 85.3 Å². The average Bonchev–Trinajstić information content (AvgIpc) is 3.58. The Bertz CT molecular complexity index is 2070. The lowest BCUT2D eigenvalue weighted by Gasteiger charge is -2.11.